The van der Waals surface area contributed by atoms with Crippen molar-refractivity contribution in [3.8, 4) is 17.1 Å². The highest BCUT2D eigenvalue weighted by Gasteiger charge is 2.24. The van der Waals surface area contributed by atoms with E-state index < -0.39 is 6.10 Å². The molecule has 0 aliphatic rings. The fourth-order valence-electron chi connectivity index (χ4n) is 2.93. The van der Waals surface area contributed by atoms with Crippen LogP contribution in [0.1, 0.15) is 35.9 Å². The van der Waals surface area contributed by atoms with Gasteiger partial charge >= 0.3 is 0 Å². The minimum atomic E-state index is -0.568. The van der Waals surface area contributed by atoms with E-state index >= 15 is 0 Å². The van der Waals surface area contributed by atoms with Gasteiger partial charge in [-0.2, -0.15) is 4.98 Å². The first-order valence-corrected chi connectivity index (χ1v) is 9.76. The van der Waals surface area contributed by atoms with Crippen LogP contribution in [-0.2, 0) is 11.3 Å². The van der Waals surface area contributed by atoms with Gasteiger partial charge in [-0.05, 0) is 50.5 Å². The van der Waals surface area contributed by atoms with Crippen LogP contribution in [-0.4, -0.2) is 34.1 Å². The SMILES string of the molecule is CCC(Oc1ccc(C)c(C)c1)C(=O)N(C)Cc1nc(-c2ccc(C)cc2)no1. The second-order valence-electron chi connectivity index (χ2n) is 7.33. The lowest BCUT2D eigenvalue weighted by atomic mass is 10.1. The molecule has 0 spiro atoms. The molecule has 1 atom stereocenters. The van der Waals surface area contributed by atoms with Crippen LogP contribution in [0.5, 0.6) is 5.75 Å². The third-order valence-electron chi connectivity index (χ3n) is 4.93. The number of hydrogen-bond acceptors (Lipinski definition) is 5. The quantitative estimate of drug-likeness (QED) is 0.592. The number of ether oxygens (including phenoxy) is 1. The van der Waals surface area contributed by atoms with Crippen LogP contribution >= 0.6 is 0 Å². The third kappa shape index (κ3) is 5.02. The van der Waals surface area contributed by atoms with Gasteiger partial charge in [-0.3, -0.25) is 4.79 Å². The molecule has 3 rings (SSSR count). The van der Waals surface area contributed by atoms with Gasteiger partial charge in [0, 0.05) is 12.6 Å². The van der Waals surface area contributed by atoms with E-state index in [-0.39, 0.29) is 12.5 Å². The van der Waals surface area contributed by atoms with Crippen molar-refractivity contribution in [3.63, 3.8) is 0 Å². The molecular formula is C23H27N3O3. The molecule has 152 valence electrons. The van der Waals surface area contributed by atoms with Gasteiger partial charge in [-0.15, -0.1) is 0 Å². The van der Waals surface area contributed by atoms with Crippen molar-refractivity contribution < 1.29 is 14.1 Å². The van der Waals surface area contributed by atoms with Crippen molar-refractivity contribution in [1.29, 1.82) is 0 Å². The molecule has 0 N–H and O–H groups in total. The predicted octanol–water partition coefficient (Wildman–Crippen LogP) is 4.48. The summed E-state index contributed by atoms with van der Waals surface area (Å²) >= 11 is 0. The number of rotatable bonds is 7. The summed E-state index contributed by atoms with van der Waals surface area (Å²) in [6.45, 7) is 8.25. The molecule has 1 unspecified atom stereocenters. The van der Waals surface area contributed by atoms with Crippen LogP contribution in [0.2, 0.25) is 0 Å². The Labute approximate surface area is 171 Å². The predicted molar refractivity (Wildman–Crippen MR) is 112 cm³/mol. The van der Waals surface area contributed by atoms with Crippen LogP contribution in [0.4, 0.5) is 0 Å². The second kappa shape index (κ2) is 8.90. The minimum absolute atomic E-state index is 0.124. The van der Waals surface area contributed by atoms with Crippen LogP contribution in [0.3, 0.4) is 0 Å². The Morgan fingerprint density at radius 2 is 1.83 bits per heavy atom. The zero-order valence-corrected chi connectivity index (χ0v) is 17.6. The summed E-state index contributed by atoms with van der Waals surface area (Å²) in [6, 6.07) is 13.7. The first-order chi connectivity index (χ1) is 13.9. The minimum Gasteiger partial charge on any atom is -0.481 e. The van der Waals surface area contributed by atoms with Gasteiger partial charge in [0.25, 0.3) is 5.91 Å². The first kappa shape index (κ1) is 20.6. The number of hydrogen-bond donors (Lipinski definition) is 0. The zero-order valence-electron chi connectivity index (χ0n) is 17.6. The Morgan fingerprint density at radius 3 is 2.48 bits per heavy atom. The summed E-state index contributed by atoms with van der Waals surface area (Å²) in [5.41, 5.74) is 4.36. The van der Waals surface area contributed by atoms with Gasteiger partial charge in [0.15, 0.2) is 6.10 Å². The highest BCUT2D eigenvalue weighted by atomic mass is 16.5. The molecule has 3 aromatic rings. The van der Waals surface area contributed by atoms with Gasteiger partial charge in [-0.1, -0.05) is 48.0 Å². The molecule has 2 aromatic carbocycles. The summed E-state index contributed by atoms with van der Waals surface area (Å²) in [6.07, 6.45) is -0.00393. The Bertz CT molecular complexity index is 979. The topological polar surface area (TPSA) is 68.5 Å². The molecule has 0 bridgehead atoms. The van der Waals surface area contributed by atoms with Gasteiger partial charge in [0.05, 0.1) is 6.54 Å². The molecule has 1 heterocycles. The van der Waals surface area contributed by atoms with Crippen molar-refractivity contribution >= 4 is 5.91 Å². The largest absolute Gasteiger partial charge is 0.481 e. The normalized spacial score (nSPS) is 11.9. The number of benzene rings is 2. The van der Waals surface area contributed by atoms with Gasteiger partial charge in [-0.25, -0.2) is 0 Å². The molecule has 0 radical (unpaired) electrons. The molecule has 6 heteroatoms. The van der Waals surface area contributed by atoms with Crippen molar-refractivity contribution in [2.75, 3.05) is 7.05 Å². The number of amides is 1. The van der Waals surface area contributed by atoms with E-state index in [0.29, 0.717) is 23.9 Å². The molecule has 6 nitrogen and oxygen atoms in total. The lowest BCUT2D eigenvalue weighted by Crippen LogP contribution is -2.39. The van der Waals surface area contributed by atoms with Crippen molar-refractivity contribution in [3.05, 3.63) is 65.0 Å². The number of carbonyl (C=O) groups excluding carboxylic acids is 1. The van der Waals surface area contributed by atoms with Gasteiger partial charge in [0.2, 0.25) is 11.7 Å². The van der Waals surface area contributed by atoms with Crippen molar-refractivity contribution in [1.82, 2.24) is 15.0 Å². The molecular weight excluding hydrogens is 366 g/mol. The van der Waals surface area contributed by atoms with E-state index in [1.807, 2.05) is 70.2 Å². The Morgan fingerprint density at radius 1 is 1.10 bits per heavy atom. The smallest absolute Gasteiger partial charge is 0.263 e. The second-order valence-corrected chi connectivity index (χ2v) is 7.33. The van der Waals surface area contributed by atoms with E-state index in [0.717, 1.165) is 16.7 Å². The number of aryl methyl sites for hydroxylation is 3. The zero-order chi connectivity index (χ0) is 21.0. The lowest BCUT2D eigenvalue weighted by molar-refractivity contribution is -0.138. The van der Waals surface area contributed by atoms with E-state index in [4.69, 9.17) is 9.26 Å². The fraction of sp³-hybridized carbons (Fsp3) is 0.348. The monoisotopic (exact) mass is 393 g/mol. The highest BCUT2D eigenvalue weighted by Crippen LogP contribution is 2.20. The summed E-state index contributed by atoms with van der Waals surface area (Å²) in [7, 11) is 1.71. The third-order valence-corrected chi connectivity index (χ3v) is 4.93. The number of carbonyl (C=O) groups is 1. The Kier molecular flexibility index (Phi) is 6.32. The van der Waals surface area contributed by atoms with Crippen LogP contribution < -0.4 is 4.74 Å². The molecule has 0 fully saturated rings. The highest BCUT2D eigenvalue weighted by molar-refractivity contribution is 5.81. The molecule has 29 heavy (non-hydrogen) atoms. The molecule has 0 saturated heterocycles. The molecule has 1 aromatic heterocycles. The van der Waals surface area contributed by atoms with Crippen molar-refractivity contribution in [2.45, 2.75) is 46.8 Å². The van der Waals surface area contributed by atoms with Crippen molar-refractivity contribution in [2.24, 2.45) is 0 Å². The maximum atomic E-state index is 12.9. The number of likely N-dealkylation sites (N-methyl/N-ethyl adjacent to an activating group) is 1. The van der Waals surface area contributed by atoms with E-state index in [1.54, 1.807) is 11.9 Å². The molecule has 1 amide bonds. The summed E-state index contributed by atoms with van der Waals surface area (Å²) < 4.78 is 11.3. The Hall–Kier alpha value is -3.15. The summed E-state index contributed by atoms with van der Waals surface area (Å²) in [5, 5.41) is 4.02. The van der Waals surface area contributed by atoms with Crippen LogP contribution in [0, 0.1) is 20.8 Å². The average Bonchev–Trinajstić information content (AvgIpc) is 3.17. The molecule has 0 saturated carbocycles. The maximum Gasteiger partial charge on any atom is 0.263 e. The molecule has 0 aliphatic carbocycles. The first-order valence-electron chi connectivity index (χ1n) is 9.76. The standard InChI is InChI=1S/C23H27N3O3/c1-6-20(28-19-12-9-16(3)17(4)13-19)23(27)26(5)14-21-24-22(25-29-21)18-10-7-15(2)8-11-18/h7-13,20H,6,14H2,1-5H3. The van der Waals surface area contributed by atoms with Gasteiger partial charge in [0.1, 0.15) is 5.75 Å². The maximum absolute atomic E-state index is 12.9. The van der Waals surface area contributed by atoms with E-state index in [9.17, 15) is 4.79 Å². The van der Waals surface area contributed by atoms with E-state index in [1.165, 1.54) is 5.56 Å². The Balaban J connectivity index is 1.65. The fourth-order valence-corrected chi connectivity index (χ4v) is 2.93. The number of nitrogens with zero attached hydrogens (tertiary/aromatic N) is 3. The van der Waals surface area contributed by atoms with Gasteiger partial charge < -0.3 is 14.2 Å². The summed E-state index contributed by atoms with van der Waals surface area (Å²) in [5.74, 6) is 1.47. The number of aromatic nitrogens is 2. The molecule has 0 aliphatic heterocycles. The van der Waals surface area contributed by atoms with Crippen LogP contribution in [0.25, 0.3) is 11.4 Å². The average molecular weight is 393 g/mol. The summed E-state index contributed by atoms with van der Waals surface area (Å²) in [4.78, 5) is 18.8. The lowest BCUT2D eigenvalue weighted by Gasteiger charge is -2.23. The van der Waals surface area contributed by atoms with Crippen LogP contribution in [0.15, 0.2) is 47.0 Å². The van der Waals surface area contributed by atoms with E-state index in [2.05, 4.69) is 10.1 Å².